The fourth-order valence-corrected chi connectivity index (χ4v) is 1.79. The fraction of sp³-hybridized carbons (Fsp3) is 0.333. The van der Waals surface area contributed by atoms with Crippen LogP contribution in [0.1, 0.15) is 13.8 Å². The van der Waals surface area contributed by atoms with E-state index in [2.05, 4.69) is 22.0 Å². The average Bonchev–Trinajstić information content (AvgIpc) is 2.17. The normalized spacial score (nSPS) is 13.5. The van der Waals surface area contributed by atoms with Crippen molar-refractivity contribution in [3.63, 3.8) is 0 Å². The van der Waals surface area contributed by atoms with Crippen LogP contribution in [-0.4, -0.2) is 25.5 Å². The van der Waals surface area contributed by atoms with E-state index in [1.165, 1.54) is 6.92 Å². The largest absolute Gasteiger partial charge is 0.633 e. The highest BCUT2D eigenvalue weighted by Gasteiger charge is 2.43. The molecule has 0 heterocycles. The zero-order valence-electron chi connectivity index (χ0n) is 8.78. The van der Waals surface area contributed by atoms with Gasteiger partial charge in [-0.3, -0.25) is 0 Å². The molecule has 0 radical (unpaired) electrons. The number of carbonyl (C=O) groups is 2. The predicted octanol–water partition coefficient (Wildman–Crippen LogP) is 0.786. The Morgan fingerprint density at radius 1 is 1.47 bits per heavy atom. The molecule has 0 saturated carbocycles. The van der Waals surface area contributed by atoms with Gasteiger partial charge in [-0.05, 0) is 6.92 Å². The molecule has 0 spiro atoms. The Labute approximate surface area is 89.4 Å². The summed E-state index contributed by atoms with van der Waals surface area (Å²) in [4.78, 5) is 31.7. The monoisotopic (exact) mass is 230 g/mol. The summed E-state index contributed by atoms with van der Waals surface area (Å²) in [6, 6.07) is 0.0472. The minimum Gasteiger partial charge on any atom is -0.461 e. The molecule has 0 fully saturated rings. The summed E-state index contributed by atoms with van der Waals surface area (Å²) in [7, 11) is -3.76. The highest BCUT2D eigenvalue weighted by atomic mass is 28.4. The van der Waals surface area contributed by atoms with Gasteiger partial charge in [0.05, 0.1) is 0 Å². The Hall–Kier alpha value is -1.40. The Bertz CT molecular complexity index is 299. The summed E-state index contributed by atoms with van der Waals surface area (Å²) < 4.78 is 9.30. The Balaban J connectivity index is 4.56. The molecule has 0 bridgehead atoms. The number of hydrogen-bond donors (Lipinski definition) is 1. The van der Waals surface area contributed by atoms with Crippen molar-refractivity contribution in [2.75, 3.05) is 0 Å². The van der Waals surface area contributed by atoms with Crippen LogP contribution in [-0.2, 0) is 18.4 Å². The lowest BCUT2D eigenvalue weighted by atomic mass is 10.4. The molecule has 84 valence electrons. The Morgan fingerprint density at radius 2 is 2.00 bits per heavy atom. The van der Waals surface area contributed by atoms with Crippen molar-refractivity contribution in [1.82, 2.24) is 0 Å². The van der Waals surface area contributed by atoms with E-state index in [1.54, 1.807) is 6.92 Å². The molecule has 1 unspecified atom stereocenters. The van der Waals surface area contributed by atoms with E-state index in [0.717, 1.165) is 6.08 Å². The zero-order valence-corrected chi connectivity index (χ0v) is 9.78. The third kappa shape index (κ3) is 4.57. The SMILES string of the molecule is C=CC(=O)O[Si](O)(CC)OC(=O)C(=C)C. The maximum absolute atomic E-state index is 11.1. The maximum Gasteiger partial charge on any atom is 0.633 e. The molecule has 5 nitrogen and oxygen atoms in total. The van der Waals surface area contributed by atoms with Crippen molar-refractivity contribution < 1.29 is 23.2 Å². The summed E-state index contributed by atoms with van der Waals surface area (Å²) >= 11 is 0. The van der Waals surface area contributed by atoms with Gasteiger partial charge in [-0.15, -0.1) is 0 Å². The van der Waals surface area contributed by atoms with Gasteiger partial charge in [-0.2, -0.15) is 0 Å². The van der Waals surface area contributed by atoms with Crippen LogP contribution >= 0.6 is 0 Å². The highest BCUT2D eigenvalue weighted by molar-refractivity contribution is 6.63. The van der Waals surface area contributed by atoms with Gasteiger partial charge >= 0.3 is 20.7 Å². The molecule has 0 aromatic heterocycles. The van der Waals surface area contributed by atoms with Gasteiger partial charge in [0.1, 0.15) is 0 Å². The van der Waals surface area contributed by atoms with Gasteiger partial charge < -0.3 is 13.6 Å². The van der Waals surface area contributed by atoms with Crippen molar-refractivity contribution in [3.8, 4) is 0 Å². The first kappa shape index (κ1) is 13.6. The van der Waals surface area contributed by atoms with E-state index >= 15 is 0 Å². The van der Waals surface area contributed by atoms with Gasteiger partial charge in [0.2, 0.25) is 0 Å². The molecule has 0 amide bonds. The van der Waals surface area contributed by atoms with Crippen LogP contribution in [0, 0.1) is 0 Å². The molecule has 1 atom stereocenters. The lowest BCUT2D eigenvalue weighted by Crippen LogP contribution is -2.45. The van der Waals surface area contributed by atoms with Gasteiger partial charge in [0, 0.05) is 17.7 Å². The lowest BCUT2D eigenvalue weighted by Gasteiger charge is -2.20. The molecule has 0 aromatic rings. The molecule has 15 heavy (non-hydrogen) atoms. The first-order valence-electron chi connectivity index (χ1n) is 4.31. The van der Waals surface area contributed by atoms with E-state index in [0.29, 0.717) is 0 Å². The molecule has 0 saturated heterocycles. The van der Waals surface area contributed by atoms with Crippen LogP contribution in [0.15, 0.2) is 24.8 Å². The second-order valence-electron chi connectivity index (χ2n) is 2.86. The number of hydrogen-bond acceptors (Lipinski definition) is 5. The summed E-state index contributed by atoms with van der Waals surface area (Å²) in [6.07, 6.45) is 0.891. The predicted molar refractivity (Wildman–Crippen MR) is 55.6 cm³/mol. The van der Waals surface area contributed by atoms with Crippen molar-refractivity contribution >= 4 is 20.7 Å². The van der Waals surface area contributed by atoms with Crippen LogP contribution in [0.3, 0.4) is 0 Å². The van der Waals surface area contributed by atoms with Crippen LogP contribution in [0.5, 0.6) is 0 Å². The van der Waals surface area contributed by atoms with Gasteiger partial charge in [-0.25, -0.2) is 9.59 Å². The molecule has 0 aromatic carbocycles. The lowest BCUT2D eigenvalue weighted by molar-refractivity contribution is -0.139. The summed E-state index contributed by atoms with van der Waals surface area (Å²) in [5.74, 6) is -1.59. The standard InChI is InChI=1S/C9H14O5Si/c1-5-8(10)13-15(12,6-2)14-9(11)7(3)4/h5,12H,1,3,6H2,2,4H3. The van der Waals surface area contributed by atoms with Crippen molar-refractivity contribution in [3.05, 3.63) is 24.8 Å². The minimum atomic E-state index is -3.76. The van der Waals surface area contributed by atoms with E-state index in [-0.39, 0.29) is 11.6 Å². The highest BCUT2D eigenvalue weighted by Crippen LogP contribution is 2.12. The van der Waals surface area contributed by atoms with E-state index in [4.69, 9.17) is 0 Å². The molecular weight excluding hydrogens is 216 g/mol. The first-order chi connectivity index (χ1) is 6.84. The van der Waals surface area contributed by atoms with Crippen LogP contribution < -0.4 is 0 Å². The molecule has 0 rings (SSSR count). The second kappa shape index (κ2) is 5.47. The molecule has 0 aliphatic carbocycles. The van der Waals surface area contributed by atoms with Gasteiger partial charge in [-0.1, -0.05) is 20.1 Å². The average molecular weight is 230 g/mol. The Morgan fingerprint density at radius 3 is 2.33 bits per heavy atom. The maximum atomic E-state index is 11.1. The van der Waals surface area contributed by atoms with E-state index in [1.807, 2.05) is 0 Å². The topological polar surface area (TPSA) is 72.8 Å². The smallest absolute Gasteiger partial charge is 0.461 e. The van der Waals surface area contributed by atoms with Gasteiger partial charge in [0.25, 0.3) is 0 Å². The second-order valence-corrected chi connectivity index (χ2v) is 5.40. The molecule has 0 aliphatic heterocycles. The minimum absolute atomic E-state index is 0.0472. The van der Waals surface area contributed by atoms with Crippen molar-refractivity contribution in [2.24, 2.45) is 0 Å². The quantitative estimate of drug-likeness (QED) is 0.558. The number of carbonyl (C=O) groups excluding carboxylic acids is 2. The Kier molecular flexibility index (Phi) is 4.96. The summed E-state index contributed by atoms with van der Waals surface area (Å²) in [5, 5.41) is 0. The zero-order chi connectivity index (χ0) is 12.1. The molecule has 1 N–H and O–H groups in total. The molecule has 0 aliphatic rings. The van der Waals surface area contributed by atoms with Crippen LogP contribution in [0.25, 0.3) is 0 Å². The van der Waals surface area contributed by atoms with E-state index < -0.39 is 20.7 Å². The summed E-state index contributed by atoms with van der Waals surface area (Å²) in [5.41, 5.74) is 0.129. The first-order valence-corrected chi connectivity index (χ1v) is 6.28. The fourth-order valence-electron chi connectivity index (χ4n) is 0.596. The third-order valence-corrected chi connectivity index (χ3v) is 3.39. The van der Waals surface area contributed by atoms with E-state index in [9.17, 15) is 14.4 Å². The molecule has 6 heteroatoms. The molecular formula is C9H14O5Si. The van der Waals surface area contributed by atoms with Crippen molar-refractivity contribution in [2.45, 2.75) is 19.9 Å². The van der Waals surface area contributed by atoms with Gasteiger partial charge in [0.15, 0.2) is 0 Å². The van der Waals surface area contributed by atoms with Crippen LogP contribution in [0.4, 0.5) is 0 Å². The number of rotatable bonds is 5. The van der Waals surface area contributed by atoms with Crippen LogP contribution in [0.2, 0.25) is 6.04 Å². The third-order valence-electron chi connectivity index (χ3n) is 1.47. The summed E-state index contributed by atoms with van der Waals surface area (Å²) in [6.45, 7) is 9.50. The van der Waals surface area contributed by atoms with Crippen molar-refractivity contribution in [1.29, 1.82) is 0 Å².